The molecular weight excluding hydrogens is 248 g/mol. The molecule has 0 saturated heterocycles. The first-order valence-electron chi connectivity index (χ1n) is 6.43. The van der Waals surface area contributed by atoms with Gasteiger partial charge in [0.1, 0.15) is 0 Å². The van der Waals surface area contributed by atoms with E-state index in [1.165, 1.54) is 18.4 Å². The molecule has 1 aromatic carbocycles. The smallest absolute Gasteiger partial charge is 0.240 e. The van der Waals surface area contributed by atoms with Gasteiger partial charge in [-0.3, -0.25) is 4.79 Å². The molecule has 0 radical (unpaired) electrons. The molecule has 98 valence electrons. The number of hydrogen-bond acceptors (Lipinski definition) is 2. The van der Waals surface area contributed by atoms with Crippen LogP contribution < -0.4 is 10.2 Å². The van der Waals surface area contributed by atoms with Crippen molar-refractivity contribution in [3.63, 3.8) is 0 Å². The van der Waals surface area contributed by atoms with Crippen molar-refractivity contribution in [2.24, 2.45) is 5.92 Å². The molecule has 0 unspecified atom stereocenters. The highest BCUT2D eigenvalue weighted by atomic mass is 35.5. The maximum absolute atomic E-state index is 12.1. The molecule has 1 saturated carbocycles. The van der Waals surface area contributed by atoms with Crippen LogP contribution >= 0.6 is 12.4 Å². The Morgan fingerprint density at radius 2 is 2.11 bits per heavy atom. The molecule has 18 heavy (non-hydrogen) atoms. The number of rotatable bonds is 4. The highest BCUT2D eigenvalue weighted by Crippen LogP contribution is 2.28. The molecule has 1 aliphatic heterocycles. The zero-order valence-electron chi connectivity index (χ0n) is 10.4. The fourth-order valence-electron chi connectivity index (χ4n) is 2.40. The summed E-state index contributed by atoms with van der Waals surface area (Å²) in [5.41, 5.74) is 2.40. The molecule has 3 rings (SSSR count). The number of anilines is 1. The van der Waals surface area contributed by atoms with Crippen LogP contribution in [-0.4, -0.2) is 25.5 Å². The Morgan fingerprint density at radius 1 is 1.33 bits per heavy atom. The van der Waals surface area contributed by atoms with Gasteiger partial charge in [-0.15, -0.1) is 12.4 Å². The molecule has 0 spiro atoms. The minimum absolute atomic E-state index is 0. The number of hydrogen-bond donors (Lipinski definition) is 1. The normalized spacial score (nSPS) is 17.2. The summed E-state index contributed by atoms with van der Waals surface area (Å²) < 4.78 is 0. The highest BCUT2D eigenvalue weighted by molar-refractivity contribution is 5.96. The van der Waals surface area contributed by atoms with Gasteiger partial charge in [0.05, 0.1) is 6.54 Å². The van der Waals surface area contributed by atoms with Crippen LogP contribution in [0.5, 0.6) is 0 Å². The van der Waals surface area contributed by atoms with Gasteiger partial charge in [-0.2, -0.15) is 0 Å². The molecule has 0 aromatic heterocycles. The number of halogens is 1. The number of nitrogens with zero attached hydrogens (tertiary/aromatic N) is 1. The van der Waals surface area contributed by atoms with Gasteiger partial charge >= 0.3 is 0 Å². The summed E-state index contributed by atoms with van der Waals surface area (Å²) in [6.07, 6.45) is 3.64. The van der Waals surface area contributed by atoms with E-state index in [9.17, 15) is 4.79 Å². The Hall–Kier alpha value is -1.06. The Balaban J connectivity index is 0.00000120. The number of fused-ring (bicyclic) bond motifs is 1. The first-order valence-corrected chi connectivity index (χ1v) is 6.43. The van der Waals surface area contributed by atoms with E-state index in [2.05, 4.69) is 11.4 Å². The fourth-order valence-corrected chi connectivity index (χ4v) is 2.40. The number of carbonyl (C=O) groups is 1. The second-order valence-corrected chi connectivity index (χ2v) is 5.00. The Kier molecular flexibility index (Phi) is 4.25. The molecule has 1 N–H and O–H groups in total. The van der Waals surface area contributed by atoms with Crippen LogP contribution in [0.3, 0.4) is 0 Å². The average molecular weight is 267 g/mol. The predicted octanol–water partition coefficient (Wildman–Crippen LogP) is 2.00. The monoisotopic (exact) mass is 266 g/mol. The van der Waals surface area contributed by atoms with Crippen LogP contribution in [0, 0.1) is 5.92 Å². The van der Waals surface area contributed by atoms with Crippen molar-refractivity contribution in [2.45, 2.75) is 19.3 Å². The first kappa shape index (κ1) is 13.4. The van der Waals surface area contributed by atoms with Crippen LogP contribution in [-0.2, 0) is 11.2 Å². The third-order valence-corrected chi connectivity index (χ3v) is 3.59. The molecule has 0 bridgehead atoms. The maximum Gasteiger partial charge on any atom is 0.240 e. The Morgan fingerprint density at radius 3 is 2.89 bits per heavy atom. The standard InChI is InChI=1S/C14H18N2O.ClH/c17-14(10-15-9-11-5-6-11)16-8-7-12-3-1-2-4-13(12)16;/h1-4,11,15H,5-10H2;1H. The van der Waals surface area contributed by atoms with Crippen LogP contribution in [0.15, 0.2) is 24.3 Å². The maximum atomic E-state index is 12.1. The van der Waals surface area contributed by atoms with Gasteiger partial charge in [0.15, 0.2) is 0 Å². The lowest BCUT2D eigenvalue weighted by molar-refractivity contribution is -0.117. The van der Waals surface area contributed by atoms with Gasteiger partial charge in [0, 0.05) is 12.2 Å². The van der Waals surface area contributed by atoms with Gasteiger partial charge in [0.25, 0.3) is 0 Å². The van der Waals surface area contributed by atoms with Crippen molar-refractivity contribution >= 4 is 24.0 Å². The van der Waals surface area contributed by atoms with Crippen LogP contribution in [0.2, 0.25) is 0 Å². The molecule has 1 aromatic rings. The Bertz CT molecular complexity index is 432. The topological polar surface area (TPSA) is 32.3 Å². The zero-order chi connectivity index (χ0) is 11.7. The summed E-state index contributed by atoms with van der Waals surface area (Å²) in [7, 11) is 0. The van der Waals surface area contributed by atoms with E-state index in [4.69, 9.17) is 0 Å². The molecule has 1 heterocycles. The SMILES string of the molecule is Cl.O=C(CNCC1CC1)N1CCc2ccccc21. The lowest BCUT2D eigenvalue weighted by Gasteiger charge is -2.17. The molecule has 1 fully saturated rings. The highest BCUT2D eigenvalue weighted by Gasteiger charge is 2.25. The van der Waals surface area contributed by atoms with Crippen molar-refractivity contribution in [2.75, 3.05) is 24.5 Å². The quantitative estimate of drug-likeness (QED) is 0.904. The average Bonchev–Trinajstić information content (AvgIpc) is 3.07. The van der Waals surface area contributed by atoms with E-state index in [1.807, 2.05) is 23.1 Å². The molecule has 0 atom stereocenters. The van der Waals surface area contributed by atoms with E-state index in [-0.39, 0.29) is 18.3 Å². The third-order valence-electron chi connectivity index (χ3n) is 3.59. The van der Waals surface area contributed by atoms with Gasteiger partial charge in [-0.05, 0) is 43.4 Å². The molecule has 2 aliphatic rings. The van der Waals surface area contributed by atoms with E-state index in [0.29, 0.717) is 6.54 Å². The molecule has 1 amide bonds. The summed E-state index contributed by atoms with van der Waals surface area (Å²) in [5, 5.41) is 3.26. The van der Waals surface area contributed by atoms with E-state index in [0.717, 1.165) is 31.1 Å². The van der Waals surface area contributed by atoms with Crippen molar-refractivity contribution < 1.29 is 4.79 Å². The summed E-state index contributed by atoms with van der Waals surface area (Å²) in [4.78, 5) is 14.0. The number of benzene rings is 1. The minimum atomic E-state index is 0. The van der Waals surface area contributed by atoms with E-state index in [1.54, 1.807) is 0 Å². The van der Waals surface area contributed by atoms with Gasteiger partial charge in [-0.25, -0.2) is 0 Å². The summed E-state index contributed by atoms with van der Waals surface area (Å²) in [5.74, 6) is 1.03. The fraction of sp³-hybridized carbons (Fsp3) is 0.500. The minimum Gasteiger partial charge on any atom is -0.311 e. The number of para-hydroxylation sites is 1. The second-order valence-electron chi connectivity index (χ2n) is 5.00. The number of carbonyl (C=O) groups excluding carboxylic acids is 1. The predicted molar refractivity (Wildman–Crippen MR) is 75.3 cm³/mol. The van der Waals surface area contributed by atoms with Crippen molar-refractivity contribution in [3.05, 3.63) is 29.8 Å². The largest absolute Gasteiger partial charge is 0.311 e. The van der Waals surface area contributed by atoms with E-state index >= 15 is 0 Å². The number of nitrogens with one attached hydrogen (secondary N) is 1. The third kappa shape index (κ3) is 2.85. The molecule has 1 aliphatic carbocycles. The summed E-state index contributed by atoms with van der Waals surface area (Å²) >= 11 is 0. The summed E-state index contributed by atoms with van der Waals surface area (Å²) in [6, 6.07) is 8.20. The van der Waals surface area contributed by atoms with Gasteiger partial charge in [0.2, 0.25) is 5.91 Å². The lowest BCUT2D eigenvalue weighted by atomic mass is 10.2. The molecule has 4 heteroatoms. The molecular formula is C14H19ClN2O. The van der Waals surface area contributed by atoms with Crippen LogP contribution in [0.25, 0.3) is 0 Å². The first-order chi connectivity index (χ1) is 8.34. The van der Waals surface area contributed by atoms with Crippen LogP contribution in [0.1, 0.15) is 18.4 Å². The van der Waals surface area contributed by atoms with Gasteiger partial charge < -0.3 is 10.2 Å². The van der Waals surface area contributed by atoms with Crippen molar-refractivity contribution in [3.8, 4) is 0 Å². The van der Waals surface area contributed by atoms with Crippen molar-refractivity contribution in [1.29, 1.82) is 0 Å². The van der Waals surface area contributed by atoms with Crippen molar-refractivity contribution in [1.82, 2.24) is 5.32 Å². The second kappa shape index (κ2) is 5.72. The zero-order valence-corrected chi connectivity index (χ0v) is 11.2. The Labute approximate surface area is 114 Å². The van der Waals surface area contributed by atoms with E-state index < -0.39 is 0 Å². The van der Waals surface area contributed by atoms with Gasteiger partial charge in [-0.1, -0.05) is 18.2 Å². The lowest BCUT2D eigenvalue weighted by Crippen LogP contribution is -2.37. The van der Waals surface area contributed by atoms with Crippen LogP contribution in [0.4, 0.5) is 5.69 Å². The summed E-state index contributed by atoms with van der Waals surface area (Å²) in [6.45, 7) is 2.31. The molecule has 3 nitrogen and oxygen atoms in total. The number of amides is 1.